The summed E-state index contributed by atoms with van der Waals surface area (Å²) in [4.78, 5) is 13.7. The second-order valence-electron chi connectivity index (χ2n) is 5.93. The van der Waals surface area contributed by atoms with Gasteiger partial charge in [-0.25, -0.2) is 9.97 Å². The van der Waals surface area contributed by atoms with Crippen LogP contribution in [0.3, 0.4) is 0 Å². The van der Waals surface area contributed by atoms with E-state index in [1.54, 1.807) is 6.33 Å². The minimum atomic E-state index is 0.583. The molecule has 0 spiro atoms. The zero-order valence-electron chi connectivity index (χ0n) is 13.0. The highest BCUT2D eigenvalue weighted by atomic mass is 16.3. The summed E-state index contributed by atoms with van der Waals surface area (Å²) in [6.07, 6.45) is 2.81. The van der Waals surface area contributed by atoms with Crippen molar-refractivity contribution in [3.63, 3.8) is 0 Å². The Bertz CT molecular complexity index is 813. The van der Waals surface area contributed by atoms with Crippen LogP contribution in [-0.2, 0) is 0 Å². The highest BCUT2D eigenvalue weighted by Crippen LogP contribution is 2.33. The molecule has 0 saturated carbocycles. The maximum atomic E-state index is 6.04. The third-order valence-corrected chi connectivity index (χ3v) is 4.72. The summed E-state index contributed by atoms with van der Waals surface area (Å²) < 4.78 is 6.04. The smallest absolute Gasteiger partial charge is 0.196 e. The second kappa shape index (κ2) is 5.25. The molecule has 5 nitrogen and oxygen atoms in total. The number of nitrogens with zero attached hydrogens (tertiary/aromatic N) is 4. The molecule has 5 heteroatoms. The van der Waals surface area contributed by atoms with Gasteiger partial charge in [0.1, 0.15) is 17.4 Å². The van der Waals surface area contributed by atoms with Crippen molar-refractivity contribution in [2.24, 2.45) is 0 Å². The fourth-order valence-electron chi connectivity index (χ4n) is 3.29. The van der Waals surface area contributed by atoms with E-state index in [1.165, 1.54) is 0 Å². The highest BCUT2D eigenvalue weighted by Gasteiger charge is 2.28. The summed E-state index contributed by atoms with van der Waals surface area (Å²) in [5, 5.41) is 1.06. The van der Waals surface area contributed by atoms with Gasteiger partial charge in [0.25, 0.3) is 0 Å². The van der Waals surface area contributed by atoms with Crippen molar-refractivity contribution in [1.29, 1.82) is 0 Å². The molecule has 3 aromatic rings. The first kappa shape index (κ1) is 13.5. The van der Waals surface area contributed by atoms with Gasteiger partial charge >= 0.3 is 0 Å². The molecule has 2 aromatic heterocycles. The SMILES string of the molecule is CCN(C)C1CCN(c2ncnc3c2oc2ccccc23)C1. The van der Waals surface area contributed by atoms with Crippen LogP contribution in [0.5, 0.6) is 0 Å². The monoisotopic (exact) mass is 296 g/mol. The van der Waals surface area contributed by atoms with E-state index >= 15 is 0 Å². The number of rotatable bonds is 3. The van der Waals surface area contributed by atoms with Crippen LogP contribution in [0.2, 0.25) is 0 Å². The Morgan fingerprint density at radius 1 is 1.32 bits per heavy atom. The quantitative estimate of drug-likeness (QED) is 0.743. The van der Waals surface area contributed by atoms with Gasteiger partial charge in [-0.1, -0.05) is 19.1 Å². The van der Waals surface area contributed by atoms with Crippen molar-refractivity contribution in [3.8, 4) is 0 Å². The lowest BCUT2D eigenvalue weighted by Crippen LogP contribution is -2.34. The van der Waals surface area contributed by atoms with Crippen LogP contribution in [0.1, 0.15) is 13.3 Å². The summed E-state index contributed by atoms with van der Waals surface area (Å²) in [6.45, 7) is 5.28. The van der Waals surface area contributed by atoms with Gasteiger partial charge in [-0.05, 0) is 32.1 Å². The van der Waals surface area contributed by atoms with Gasteiger partial charge in [-0.15, -0.1) is 0 Å². The molecule has 0 aliphatic carbocycles. The number of hydrogen-bond acceptors (Lipinski definition) is 5. The van der Waals surface area contributed by atoms with Crippen LogP contribution in [0.25, 0.3) is 22.1 Å². The van der Waals surface area contributed by atoms with Gasteiger partial charge in [0.2, 0.25) is 0 Å². The number of aromatic nitrogens is 2. The molecule has 1 aliphatic rings. The van der Waals surface area contributed by atoms with Crippen molar-refractivity contribution < 1.29 is 4.42 Å². The first-order chi connectivity index (χ1) is 10.8. The molecule has 1 atom stereocenters. The van der Waals surface area contributed by atoms with E-state index in [-0.39, 0.29) is 0 Å². The van der Waals surface area contributed by atoms with Crippen LogP contribution in [0.15, 0.2) is 35.0 Å². The molecule has 22 heavy (non-hydrogen) atoms. The minimum absolute atomic E-state index is 0.583. The van der Waals surface area contributed by atoms with Gasteiger partial charge in [-0.3, -0.25) is 0 Å². The molecular weight excluding hydrogens is 276 g/mol. The second-order valence-corrected chi connectivity index (χ2v) is 5.93. The summed E-state index contributed by atoms with van der Waals surface area (Å²) in [7, 11) is 2.19. The van der Waals surface area contributed by atoms with Gasteiger partial charge < -0.3 is 14.2 Å². The average Bonchev–Trinajstić information content (AvgIpc) is 3.18. The van der Waals surface area contributed by atoms with Crippen molar-refractivity contribution in [2.75, 3.05) is 31.6 Å². The van der Waals surface area contributed by atoms with Crippen molar-refractivity contribution in [2.45, 2.75) is 19.4 Å². The van der Waals surface area contributed by atoms with Gasteiger partial charge in [0, 0.05) is 24.5 Å². The molecule has 1 aliphatic heterocycles. The van der Waals surface area contributed by atoms with Crippen LogP contribution < -0.4 is 4.90 Å². The zero-order valence-corrected chi connectivity index (χ0v) is 13.0. The zero-order chi connectivity index (χ0) is 15.1. The van der Waals surface area contributed by atoms with E-state index in [4.69, 9.17) is 4.42 Å². The Morgan fingerprint density at radius 2 is 2.18 bits per heavy atom. The van der Waals surface area contributed by atoms with Crippen LogP contribution in [0, 0.1) is 0 Å². The molecule has 0 bridgehead atoms. The molecule has 1 fully saturated rings. The fourth-order valence-corrected chi connectivity index (χ4v) is 3.29. The predicted molar refractivity (Wildman–Crippen MR) is 88.2 cm³/mol. The van der Waals surface area contributed by atoms with Crippen molar-refractivity contribution in [3.05, 3.63) is 30.6 Å². The first-order valence-electron chi connectivity index (χ1n) is 7.85. The van der Waals surface area contributed by atoms with E-state index in [2.05, 4.69) is 39.8 Å². The maximum Gasteiger partial charge on any atom is 0.196 e. The molecule has 0 N–H and O–H groups in total. The molecule has 1 unspecified atom stereocenters. The van der Waals surface area contributed by atoms with Crippen LogP contribution in [0.4, 0.5) is 5.82 Å². The summed E-state index contributed by atoms with van der Waals surface area (Å²) in [6, 6.07) is 8.62. The molecule has 0 radical (unpaired) electrons. The first-order valence-corrected chi connectivity index (χ1v) is 7.85. The van der Waals surface area contributed by atoms with Crippen molar-refractivity contribution in [1.82, 2.24) is 14.9 Å². The van der Waals surface area contributed by atoms with Gasteiger partial charge in [0.15, 0.2) is 11.4 Å². The Hall–Kier alpha value is -2.14. The minimum Gasteiger partial charge on any atom is -0.450 e. The molecule has 3 heterocycles. The molecule has 4 rings (SSSR count). The number of benzene rings is 1. The third kappa shape index (κ3) is 2.04. The van der Waals surface area contributed by atoms with E-state index < -0.39 is 0 Å². The van der Waals surface area contributed by atoms with E-state index in [9.17, 15) is 0 Å². The van der Waals surface area contributed by atoms with Crippen LogP contribution in [-0.4, -0.2) is 47.6 Å². The lowest BCUT2D eigenvalue weighted by molar-refractivity contribution is 0.272. The lowest BCUT2D eigenvalue weighted by atomic mass is 10.2. The molecule has 114 valence electrons. The molecular formula is C17H20N4O. The Morgan fingerprint density at radius 3 is 3.05 bits per heavy atom. The molecule has 1 saturated heterocycles. The standard InChI is InChI=1S/C17H20N4O/c1-3-20(2)12-8-9-21(10-12)17-16-15(18-11-19-17)13-6-4-5-7-14(13)22-16/h4-7,11-12H,3,8-10H2,1-2H3. The number of likely N-dealkylation sites (N-methyl/N-ethyl adjacent to an activating group) is 1. The summed E-state index contributed by atoms with van der Waals surface area (Å²) in [5.74, 6) is 0.924. The number of furan rings is 1. The van der Waals surface area contributed by atoms with Crippen molar-refractivity contribution >= 4 is 27.9 Å². The van der Waals surface area contributed by atoms with Crippen LogP contribution >= 0.6 is 0 Å². The molecule has 0 amide bonds. The average molecular weight is 296 g/mol. The topological polar surface area (TPSA) is 45.4 Å². The fraction of sp³-hybridized carbons (Fsp3) is 0.412. The largest absolute Gasteiger partial charge is 0.450 e. The van der Waals surface area contributed by atoms with E-state index in [1.807, 2.05) is 18.2 Å². The van der Waals surface area contributed by atoms with E-state index in [0.29, 0.717) is 6.04 Å². The highest BCUT2D eigenvalue weighted by molar-refractivity contribution is 6.05. The number of fused-ring (bicyclic) bond motifs is 3. The molecule has 1 aromatic carbocycles. The predicted octanol–water partition coefficient (Wildman–Crippen LogP) is 2.91. The van der Waals surface area contributed by atoms with Gasteiger partial charge in [0.05, 0.1) is 0 Å². The Kier molecular flexibility index (Phi) is 3.22. The Labute approximate surface area is 129 Å². The lowest BCUT2D eigenvalue weighted by Gasteiger charge is -2.23. The van der Waals surface area contributed by atoms with E-state index in [0.717, 1.165) is 53.9 Å². The number of para-hydroxylation sites is 1. The summed E-state index contributed by atoms with van der Waals surface area (Å²) in [5.41, 5.74) is 2.59. The third-order valence-electron chi connectivity index (χ3n) is 4.72. The number of anilines is 1. The summed E-state index contributed by atoms with van der Waals surface area (Å²) >= 11 is 0. The van der Waals surface area contributed by atoms with Gasteiger partial charge in [-0.2, -0.15) is 0 Å². The maximum absolute atomic E-state index is 6.04. The Balaban J connectivity index is 1.76. The normalized spacial score (nSPS) is 18.9. The number of hydrogen-bond donors (Lipinski definition) is 0.